The summed E-state index contributed by atoms with van der Waals surface area (Å²) in [5.41, 5.74) is 11.5. The van der Waals surface area contributed by atoms with Crippen molar-refractivity contribution in [3.8, 4) is 22.5 Å². The summed E-state index contributed by atoms with van der Waals surface area (Å²) in [4.78, 5) is 63.5. The van der Waals surface area contributed by atoms with Crippen LogP contribution in [0, 0.1) is 0 Å². The topological polar surface area (TPSA) is 140 Å². The minimum absolute atomic E-state index is 0.0540. The van der Waals surface area contributed by atoms with Crippen molar-refractivity contribution in [3.63, 3.8) is 0 Å². The molecule has 330 valence electrons. The molecule has 2 aliphatic rings. The maximum atomic E-state index is 13.9. The first-order valence-electron chi connectivity index (χ1n) is 21.9. The van der Waals surface area contributed by atoms with Gasteiger partial charge in [-0.15, -0.1) is 0 Å². The van der Waals surface area contributed by atoms with Crippen LogP contribution in [0.3, 0.4) is 0 Å². The van der Waals surface area contributed by atoms with Crippen molar-refractivity contribution in [2.45, 2.75) is 85.2 Å². The minimum Gasteiger partial charge on any atom is -0.488 e. The van der Waals surface area contributed by atoms with Crippen LogP contribution in [0.1, 0.15) is 92.5 Å². The van der Waals surface area contributed by atoms with Crippen LogP contribution in [0.15, 0.2) is 90.8 Å². The number of rotatable bonds is 16. The van der Waals surface area contributed by atoms with Gasteiger partial charge in [0.15, 0.2) is 0 Å². The van der Waals surface area contributed by atoms with Crippen LogP contribution >= 0.6 is 0 Å². The summed E-state index contributed by atoms with van der Waals surface area (Å²) in [6.45, 7) is 10.2. The molecule has 2 N–H and O–H groups in total. The number of hydrogen-bond acceptors (Lipinski definition) is 8. The van der Waals surface area contributed by atoms with Gasteiger partial charge in [-0.3, -0.25) is 19.4 Å². The zero-order valence-corrected chi connectivity index (χ0v) is 37.8. The molecule has 63 heavy (non-hydrogen) atoms. The number of imidazole rings is 2. The van der Waals surface area contributed by atoms with Crippen molar-refractivity contribution in [2.24, 2.45) is 0 Å². The molecule has 2 aromatic heterocycles. The maximum Gasteiger partial charge on any atom is 0.410 e. The summed E-state index contributed by atoms with van der Waals surface area (Å²) in [5.74, 6) is 2.20. The molecule has 0 saturated heterocycles. The lowest BCUT2D eigenvalue weighted by Crippen LogP contribution is -2.48. The Balaban J connectivity index is 1.05. The largest absolute Gasteiger partial charge is 0.488 e. The van der Waals surface area contributed by atoms with Crippen molar-refractivity contribution < 1.29 is 23.9 Å². The molecule has 0 bridgehead atoms. The number of carbonyl (C=O) groups is 3. The van der Waals surface area contributed by atoms with E-state index in [2.05, 4.69) is 58.3 Å². The predicted octanol–water partition coefficient (Wildman–Crippen LogP) is 8.62. The third kappa shape index (κ3) is 9.78. The van der Waals surface area contributed by atoms with Crippen LogP contribution < -0.4 is 0 Å². The van der Waals surface area contributed by atoms with E-state index in [9.17, 15) is 14.4 Å². The lowest BCUT2D eigenvalue weighted by atomic mass is 9.83. The van der Waals surface area contributed by atoms with Gasteiger partial charge >= 0.3 is 6.09 Å². The van der Waals surface area contributed by atoms with Gasteiger partial charge in [-0.2, -0.15) is 0 Å². The van der Waals surface area contributed by atoms with Gasteiger partial charge in [0.05, 0.1) is 44.0 Å². The molecule has 1 unspecified atom stereocenters. The fourth-order valence-corrected chi connectivity index (χ4v) is 8.67. The number of carbonyl (C=O) groups excluding carboxylic acids is 3. The van der Waals surface area contributed by atoms with E-state index in [0.29, 0.717) is 32.1 Å². The molecule has 1 aliphatic heterocycles. The molecule has 0 spiro atoms. The van der Waals surface area contributed by atoms with E-state index in [-0.39, 0.29) is 24.4 Å². The average Bonchev–Trinajstić information content (AvgIpc) is 3.97. The highest BCUT2D eigenvalue weighted by Gasteiger charge is 2.32. The second-order valence-electron chi connectivity index (χ2n) is 16.9. The van der Waals surface area contributed by atoms with Crippen LogP contribution in [0.2, 0.25) is 0 Å². The molecular formula is C50H60N8O5. The first kappa shape index (κ1) is 44.6. The number of fused-ring (bicyclic) bond motifs is 4. The predicted molar refractivity (Wildman–Crippen MR) is 246 cm³/mol. The van der Waals surface area contributed by atoms with Gasteiger partial charge in [0, 0.05) is 31.3 Å². The van der Waals surface area contributed by atoms with Crippen LogP contribution in [0.25, 0.3) is 33.8 Å². The number of aryl methyl sites for hydroxylation is 1. The van der Waals surface area contributed by atoms with Gasteiger partial charge in [0.1, 0.15) is 36.1 Å². The molecule has 13 heteroatoms. The fourth-order valence-electron chi connectivity index (χ4n) is 8.67. The second kappa shape index (κ2) is 19.7. The molecule has 3 amide bonds. The van der Waals surface area contributed by atoms with E-state index in [0.717, 1.165) is 82.0 Å². The van der Waals surface area contributed by atoms with E-state index in [4.69, 9.17) is 14.5 Å². The number of aromatic nitrogens is 4. The van der Waals surface area contributed by atoms with Crippen LogP contribution in [0.5, 0.6) is 0 Å². The van der Waals surface area contributed by atoms with Crippen LogP contribution in [0.4, 0.5) is 4.79 Å². The summed E-state index contributed by atoms with van der Waals surface area (Å²) >= 11 is 0. The van der Waals surface area contributed by atoms with Gasteiger partial charge in [-0.05, 0) is 99.1 Å². The Morgan fingerprint density at radius 1 is 0.778 bits per heavy atom. The van der Waals surface area contributed by atoms with Gasteiger partial charge in [0.25, 0.3) is 0 Å². The molecular weight excluding hydrogens is 793 g/mol. The lowest BCUT2D eigenvalue weighted by Gasteiger charge is -2.30. The van der Waals surface area contributed by atoms with Gasteiger partial charge in [-0.1, -0.05) is 80.1 Å². The van der Waals surface area contributed by atoms with Crippen LogP contribution in [-0.2, 0) is 45.2 Å². The Bertz CT molecular complexity index is 2500. The molecule has 1 aliphatic carbocycles. The maximum absolute atomic E-state index is 13.9. The highest BCUT2D eigenvalue weighted by atomic mass is 16.5. The van der Waals surface area contributed by atoms with E-state index in [1.54, 1.807) is 18.0 Å². The fraction of sp³-hybridized carbons (Fsp3) is 0.380. The quantitative estimate of drug-likeness (QED) is 0.0942. The number of methoxy groups -OCH3 is 1. The Morgan fingerprint density at radius 2 is 1.37 bits per heavy atom. The zero-order valence-electron chi connectivity index (χ0n) is 37.8. The number of hydrogen-bond donors (Lipinski definition) is 2. The number of nitrogens with zero attached hydrogens (tertiary/aromatic N) is 6. The second-order valence-corrected chi connectivity index (χ2v) is 16.9. The van der Waals surface area contributed by atoms with E-state index < -0.39 is 12.1 Å². The van der Waals surface area contributed by atoms with Crippen LogP contribution in [-0.4, -0.2) is 105 Å². The van der Waals surface area contributed by atoms with E-state index in [1.807, 2.05) is 87.4 Å². The molecule has 0 saturated carbocycles. The Labute approximate surface area is 370 Å². The molecule has 7 rings (SSSR count). The summed E-state index contributed by atoms with van der Waals surface area (Å²) in [5, 5.41) is 0. The summed E-state index contributed by atoms with van der Waals surface area (Å²) in [6, 6.07) is 21.7. The number of ether oxygens (including phenoxy) is 2. The minimum atomic E-state index is -0.794. The molecule has 3 aromatic carbocycles. The number of benzene rings is 3. The number of likely N-dealkylation sites (N-methyl/N-ethyl adjacent to an activating group) is 2. The monoisotopic (exact) mass is 852 g/mol. The molecule has 5 aromatic rings. The number of H-pyrrole nitrogens is 2. The number of aromatic amines is 2. The smallest absolute Gasteiger partial charge is 0.410 e. The van der Waals surface area contributed by atoms with Crippen molar-refractivity contribution >= 4 is 29.2 Å². The Hall–Kier alpha value is -6.47. The first-order valence-corrected chi connectivity index (χ1v) is 21.9. The lowest BCUT2D eigenvalue weighted by molar-refractivity contribution is -0.137. The summed E-state index contributed by atoms with van der Waals surface area (Å²) in [7, 11) is 6.77. The average molecular weight is 853 g/mol. The number of amides is 3. The SMILES string of the molecule is CCCN(Cc1ncc(-c2ccc3c(c2)COC2=C3CCc3cc(-c4cnc(CN(CCC)C(=O)[C@H](C=C(C)C)N(C)C(=O)OC)[nH]4)ccc32)[nH]1)C(=O)C(c1ccccc1)N(C)C. The Morgan fingerprint density at radius 3 is 1.94 bits per heavy atom. The van der Waals surface area contributed by atoms with Crippen molar-refractivity contribution in [1.82, 2.24) is 39.5 Å². The normalized spacial score (nSPS) is 13.9. The summed E-state index contributed by atoms with van der Waals surface area (Å²) in [6.07, 6.45) is 8.18. The van der Waals surface area contributed by atoms with Crippen molar-refractivity contribution in [3.05, 3.63) is 130 Å². The number of nitrogens with one attached hydrogen (secondary N) is 2. The molecule has 13 nitrogen and oxygen atoms in total. The molecule has 3 heterocycles. The van der Waals surface area contributed by atoms with Gasteiger partial charge < -0.3 is 29.2 Å². The van der Waals surface area contributed by atoms with E-state index in [1.165, 1.54) is 28.7 Å². The molecule has 2 atom stereocenters. The standard InChI is InChI=1S/C50H60N8O5/c1-9-22-57(48(59)43(24-32(3)4)56(7)50(61)62-8)29-44-51-27-41(53-44)35-18-20-39-34(25-35)16-21-40-38-19-17-36(26-37(38)31-63-47(39)40)42-28-52-45(54-42)30-58(23-10-2)49(60)46(55(5)6)33-14-12-11-13-15-33/h11-15,17-20,24-28,43,46H,9-10,16,21-23,29-31H2,1-8H3,(H,51,53)(H,52,54)/t43-,46?/m0/s1. The molecule has 0 fully saturated rings. The number of allylic oxidation sites excluding steroid dienone is 2. The highest BCUT2D eigenvalue weighted by Crippen LogP contribution is 2.44. The van der Waals surface area contributed by atoms with Gasteiger partial charge in [0.2, 0.25) is 11.8 Å². The van der Waals surface area contributed by atoms with Gasteiger partial charge in [-0.25, -0.2) is 14.8 Å². The third-order valence-electron chi connectivity index (χ3n) is 11.7. The first-order chi connectivity index (χ1) is 30.4. The zero-order chi connectivity index (χ0) is 44.8. The molecule has 0 radical (unpaired) electrons. The summed E-state index contributed by atoms with van der Waals surface area (Å²) < 4.78 is 11.5. The van der Waals surface area contributed by atoms with Crippen molar-refractivity contribution in [1.29, 1.82) is 0 Å². The Kier molecular flexibility index (Phi) is 13.9. The third-order valence-corrected chi connectivity index (χ3v) is 11.7. The highest BCUT2D eigenvalue weighted by molar-refractivity contribution is 5.93. The van der Waals surface area contributed by atoms with Crippen molar-refractivity contribution in [2.75, 3.05) is 41.3 Å². The van der Waals surface area contributed by atoms with E-state index >= 15 is 0 Å².